The van der Waals surface area contributed by atoms with Crippen LogP contribution in [0.4, 0.5) is 0 Å². The van der Waals surface area contributed by atoms with Crippen molar-refractivity contribution in [3.05, 3.63) is 23.8 Å². The van der Waals surface area contributed by atoms with E-state index in [0.29, 0.717) is 37.8 Å². The third kappa shape index (κ3) is 5.82. The molecule has 0 radical (unpaired) electrons. The van der Waals surface area contributed by atoms with E-state index in [1.54, 1.807) is 14.2 Å². The first-order valence-corrected chi connectivity index (χ1v) is 9.72. The van der Waals surface area contributed by atoms with Crippen LogP contribution in [0.2, 0.25) is 0 Å². The Labute approximate surface area is 161 Å². The maximum Gasteiger partial charge on any atom is 0.234 e. The molecule has 1 atom stereocenters. The summed E-state index contributed by atoms with van der Waals surface area (Å²) in [6.07, 6.45) is 2.57. The second-order valence-electron chi connectivity index (χ2n) is 7.16. The molecule has 27 heavy (non-hydrogen) atoms. The molecule has 0 spiro atoms. The van der Waals surface area contributed by atoms with Crippen LogP contribution in [-0.2, 0) is 9.53 Å². The largest absolute Gasteiger partial charge is 0.493 e. The van der Waals surface area contributed by atoms with E-state index >= 15 is 0 Å². The molecule has 3 rings (SSSR count). The summed E-state index contributed by atoms with van der Waals surface area (Å²) in [4.78, 5) is 14.6. The van der Waals surface area contributed by atoms with Crippen LogP contribution in [0.5, 0.6) is 11.5 Å². The van der Waals surface area contributed by atoms with Crippen molar-refractivity contribution in [1.29, 1.82) is 0 Å². The van der Waals surface area contributed by atoms with E-state index in [1.165, 1.54) is 12.8 Å². The molecular formula is C20H31N3O4. The fraction of sp³-hybridized carbons (Fsp3) is 0.650. The van der Waals surface area contributed by atoms with Crippen molar-refractivity contribution in [3.63, 3.8) is 0 Å². The Morgan fingerprint density at radius 2 is 1.96 bits per heavy atom. The molecule has 1 aromatic rings. The molecule has 1 saturated heterocycles. The third-order valence-electron chi connectivity index (χ3n) is 5.19. The Morgan fingerprint density at radius 3 is 2.63 bits per heavy atom. The van der Waals surface area contributed by atoms with Crippen LogP contribution < -0.4 is 20.1 Å². The van der Waals surface area contributed by atoms with Crippen molar-refractivity contribution < 1.29 is 19.0 Å². The molecule has 1 aliphatic heterocycles. The highest BCUT2D eigenvalue weighted by molar-refractivity contribution is 5.78. The van der Waals surface area contributed by atoms with E-state index in [1.807, 2.05) is 18.2 Å². The highest BCUT2D eigenvalue weighted by Crippen LogP contribution is 2.32. The quantitative estimate of drug-likeness (QED) is 0.638. The van der Waals surface area contributed by atoms with E-state index in [-0.39, 0.29) is 11.9 Å². The lowest BCUT2D eigenvalue weighted by atomic mass is 10.0. The summed E-state index contributed by atoms with van der Waals surface area (Å²) < 4.78 is 16.3. The number of hydrogen-bond donors (Lipinski definition) is 2. The Morgan fingerprint density at radius 1 is 1.22 bits per heavy atom. The molecular weight excluding hydrogens is 346 g/mol. The van der Waals surface area contributed by atoms with Gasteiger partial charge in [-0.25, -0.2) is 0 Å². The molecule has 1 aliphatic carbocycles. The highest BCUT2D eigenvalue weighted by atomic mass is 16.5. The number of nitrogens with zero attached hydrogens (tertiary/aromatic N) is 1. The molecule has 0 aromatic heterocycles. The van der Waals surface area contributed by atoms with Crippen LogP contribution >= 0.6 is 0 Å². The topological polar surface area (TPSA) is 72.1 Å². The van der Waals surface area contributed by atoms with Crippen LogP contribution in [-0.4, -0.2) is 71.0 Å². The Bertz CT molecular complexity index is 615. The van der Waals surface area contributed by atoms with Crippen LogP contribution in [0.25, 0.3) is 0 Å². The number of hydrogen-bond acceptors (Lipinski definition) is 6. The zero-order valence-electron chi connectivity index (χ0n) is 16.3. The summed E-state index contributed by atoms with van der Waals surface area (Å²) in [6, 6.07) is 6.02. The lowest BCUT2D eigenvalue weighted by Crippen LogP contribution is -2.45. The number of nitrogens with one attached hydrogen (secondary N) is 2. The van der Waals surface area contributed by atoms with Crippen molar-refractivity contribution in [2.75, 3.05) is 60.2 Å². The number of carbonyl (C=O) groups is 1. The van der Waals surface area contributed by atoms with Crippen molar-refractivity contribution in [3.8, 4) is 11.5 Å². The molecule has 1 aromatic carbocycles. The number of ether oxygens (including phenoxy) is 3. The average molecular weight is 377 g/mol. The minimum absolute atomic E-state index is 0.0365. The van der Waals surface area contributed by atoms with Gasteiger partial charge in [-0.15, -0.1) is 0 Å². The predicted octanol–water partition coefficient (Wildman–Crippen LogP) is 1.19. The molecule has 1 heterocycles. The van der Waals surface area contributed by atoms with Gasteiger partial charge in [-0.3, -0.25) is 9.69 Å². The van der Waals surface area contributed by atoms with Gasteiger partial charge in [0.2, 0.25) is 5.91 Å². The smallest absolute Gasteiger partial charge is 0.234 e. The number of amides is 1. The van der Waals surface area contributed by atoms with Gasteiger partial charge in [0.05, 0.1) is 40.0 Å². The van der Waals surface area contributed by atoms with E-state index in [2.05, 4.69) is 15.5 Å². The van der Waals surface area contributed by atoms with Gasteiger partial charge in [0.15, 0.2) is 11.5 Å². The van der Waals surface area contributed by atoms with Crippen LogP contribution in [0, 0.1) is 5.92 Å². The van der Waals surface area contributed by atoms with Gasteiger partial charge in [-0.2, -0.15) is 0 Å². The number of rotatable bonds is 10. The molecule has 7 heteroatoms. The minimum Gasteiger partial charge on any atom is -0.493 e. The minimum atomic E-state index is 0.0365. The maximum absolute atomic E-state index is 12.2. The van der Waals surface area contributed by atoms with Gasteiger partial charge in [-0.05, 0) is 43.0 Å². The Kier molecular flexibility index (Phi) is 7.32. The van der Waals surface area contributed by atoms with Gasteiger partial charge >= 0.3 is 0 Å². The zero-order valence-corrected chi connectivity index (χ0v) is 16.3. The molecule has 2 N–H and O–H groups in total. The predicted molar refractivity (Wildman–Crippen MR) is 103 cm³/mol. The van der Waals surface area contributed by atoms with Crippen molar-refractivity contribution in [2.45, 2.75) is 18.9 Å². The monoisotopic (exact) mass is 377 g/mol. The molecule has 1 unspecified atom stereocenters. The van der Waals surface area contributed by atoms with Crippen molar-refractivity contribution in [2.24, 2.45) is 5.92 Å². The fourth-order valence-corrected chi connectivity index (χ4v) is 3.39. The van der Waals surface area contributed by atoms with E-state index in [9.17, 15) is 4.79 Å². The first-order valence-electron chi connectivity index (χ1n) is 9.72. The van der Waals surface area contributed by atoms with E-state index < -0.39 is 0 Å². The van der Waals surface area contributed by atoms with Crippen LogP contribution in [0.3, 0.4) is 0 Å². The summed E-state index contributed by atoms with van der Waals surface area (Å²) in [6.45, 7) is 4.97. The Hall–Kier alpha value is -1.83. The molecule has 0 bridgehead atoms. The molecule has 150 valence electrons. The zero-order chi connectivity index (χ0) is 19.1. The van der Waals surface area contributed by atoms with Gasteiger partial charge in [0.25, 0.3) is 0 Å². The second kappa shape index (κ2) is 9.92. The van der Waals surface area contributed by atoms with Crippen molar-refractivity contribution >= 4 is 5.91 Å². The Balaban J connectivity index is 1.63. The standard InChI is InChI=1S/C20H31N3O4/c1-25-18-6-5-16(11-19(18)26-2)17(23-7-9-27-10-8-23)13-22-20(24)14-21-12-15-3-4-15/h5-6,11,15,17,21H,3-4,7-10,12-14H2,1-2H3,(H,22,24). The van der Waals surface area contributed by atoms with Gasteiger partial charge < -0.3 is 24.8 Å². The van der Waals surface area contributed by atoms with E-state index in [4.69, 9.17) is 14.2 Å². The first kappa shape index (κ1) is 19.9. The van der Waals surface area contributed by atoms with Crippen LogP contribution in [0.1, 0.15) is 24.4 Å². The normalized spacial score (nSPS) is 18.7. The first-order chi connectivity index (χ1) is 13.2. The third-order valence-corrected chi connectivity index (χ3v) is 5.19. The molecule has 1 saturated carbocycles. The molecule has 7 nitrogen and oxygen atoms in total. The van der Waals surface area contributed by atoms with Crippen molar-refractivity contribution in [1.82, 2.24) is 15.5 Å². The summed E-state index contributed by atoms with van der Waals surface area (Å²) in [5.74, 6) is 2.21. The molecule has 2 fully saturated rings. The fourth-order valence-electron chi connectivity index (χ4n) is 3.39. The lowest BCUT2D eigenvalue weighted by molar-refractivity contribution is -0.120. The molecule has 2 aliphatic rings. The SMILES string of the molecule is COc1ccc(C(CNC(=O)CNCC2CC2)N2CCOCC2)cc1OC. The number of morpholine rings is 1. The highest BCUT2D eigenvalue weighted by Gasteiger charge is 2.25. The van der Waals surface area contributed by atoms with Gasteiger partial charge in [-0.1, -0.05) is 6.07 Å². The molecule has 1 amide bonds. The lowest BCUT2D eigenvalue weighted by Gasteiger charge is -2.35. The maximum atomic E-state index is 12.2. The average Bonchev–Trinajstić information content (AvgIpc) is 3.53. The summed E-state index contributed by atoms with van der Waals surface area (Å²) in [5.41, 5.74) is 1.10. The summed E-state index contributed by atoms with van der Waals surface area (Å²) in [7, 11) is 3.27. The number of benzene rings is 1. The second-order valence-corrected chi connectivity index (χ2v) is 7.16. The summed E-state index contributed by atoms with van der Waals surface area (Å²) >= 11 is 0. The summed E-state index contributed by atoms with van der Waals surface area (Å²) in [5, 5.41) is 6.32. The number of methoxy groups -OCH3 is 2. The van der Waals surface area contributed by atoms with Crippen LogP contribution in [0.15, 0.2) is 18.2 Å². The van der Waals surface area contributed by atoms with Gasteiger partial charge in [0, 0.05) is 19.6 Å². The number of carbonyl (C=O) groups excluding carboxylic acids is 1. The van der Waals surface area contributed by atoms with Gasteiger partial charge in [0.1, 0.15) is 0 Å². The van der Waals surface area contributed by atoms with E-state index in [0.717, 1.165) is 31.1 Å².